The first-order chi connectivity index (χ1) is 10.1. The summed E-state index contributed by atoms with van der Waals surface area (Å²) in [5, 5.41) is 3.76. The number of nitrogens with one attached hydrogen (secondary N) is 1. The number of fused-ring (bicyclic) bond motifs is 1. The molecule has 0 atom stereocenters. The van der Waals surface area contributed by atoms with Gasteiger partial charge in [-0.05, 0) is 24.3 Å². The number of nitrogens with two attached hydrogens (primary N) is 1. The summed E-state index contributed by atoms with van der Waals surface area (Å²) in [6, 6.07) is 11.4. The minimum Gasteiger partial charge on any atom is -0.397 e. The first kappa shape index (κ1) is 14.0. The highest BCUT2D eigenvalue weighted by molar-refractivity contribution is 9.10. The summed E-state index contributed by atoms with van der Waals surface area (Å²) in [7, 11) is 0. The molecule has 4 nitrogen and oxygen atoms in total. The number of amides is 1. The van der Waals surface area contributed by atoms with Gasteiger partial charge in [-0.15, -0.1) is 11.3 Å². The SMILES string of the molecule is Nc1c(C(=O)NCc2ccccn2)sc2cc(Br)ccc12. The molecule has 106 valence electrons. The predicted molar refractivity (Wildman–Crippen MR) is 89.3 cm³/mol. The van der Waals surface area contributed by atoms with Crippen LogP contribution in [0.2, 0.25) is 0 Å². The number of hydrogen-bond acceptors (Lipinski definition) is 4. The number of nitrogens with zero attached hydrogens (tertiary/aromatic N) is 1. The van der Waals surface area contributed by atoms with E-state index in [1.165, 1.54) is 11.3 Å². The van der Waals surface area contributed by atoms with E-state index in [4.69, 9.17) is 5.73 Å². The number of anilines is 1. The molecule has 0 bridgehead atoms. The predicted octanol–water partition coefficient (Wildman–Crippen LogP) is 3.57. The minimum atomic E-state index is -0.171. The van der Waals surface area contributed by atoms with E-state index in [9.17, 15) is 4.79 Å². The Morgan fingerprint density at radius 1 is 1.33 bits per heavy atom. The van der Waals surface area contributed by atoms with Crippen LogP contribution in [0, 0.1) is 0 Å². The summed E-state index contributed by atoms with van der Waals surface area (Å²) in [6.07, 6.45) is 1.70. The Hall–Kier alpha value is -1.92. The van der Waals surface area contributed by atoms with Crippen molar-refractivity contribution in [3.63, 3.8) is 0 Å². The summed E-state index contributed by atoms with van der Waals surface area (Å²) in [5.74, 6) is -0.171. The molecule has 3 aromatic rings. The molecule has 0 saturated heterocycles. The van der Waals surface area contributed by atoms with Crippen LogP contribution in [0.15, 0.2) is 47.1 Å². The third-order valence-corrected chi connectivity index (χ3v) is 4.71. The van der Waals surface area contributed by atoms with Crippen LogP contribution in [0.4, 0.5) is 5.69 Å². The highest BCUT2D eigenvalue weighted by Crippen LogP contribution is 2.35. The molecule has 6 heteroatoms. The molecule has 1 amide bonds. The smallest absolute Gasteiger partial charge is 0.263 e. The standard InChI is InChI=1S/C15H12BrN3OS/c16-9-4-5-11-12(7-9)21-14(13(11)17)15(20)19-8-10-3-1-2-6-18-10/h1-7H,8,17H2,(H,19,20). The Morgan fingerprint density at radius 3 is 2.95 bits per heavy atom. The van der Waals surface area contributed by atoms with Crippen molar-refractivity contribution in [3.8, 4) is 0 Å². The molecule has 3 rings (SSSR count). The molecular weight excluding hydrogens is 350 g/mol. The third kappa shape index (κ3) is 2.91. The summed E-state index contributed by atoms with van der Waals surface area (Å²) in [4.78, 5) is 17.0. The monoisotopic (exact) mass is 361 g/mol. The van der Waals surface area contributed by atoms with Gasteiger partial charge in [0, 0.05) is 20.8 Å². The number of hydrogen-bond donors (Lipinski definition) is 2. The number of halogens is 1. The zero-order valence-electron chi connectivity index (χ0n) is 11.0. The number of nitrogen functional groups attached to an aromatic ring is 1. The molecule has 21 heavy (non-hydrogen) atoms. The number of carbonyl (C=O) groups excluding carboxylic acids is 1. The second kappa shape index (κ2) is 5.83. The molecule has 3 N–H and O–H groups in total. The maximum Gasteiger partial charge on any atom is 0.263 e. The van der Waals surface area contributed by atoms with Crippen LogP contribution in [-0.2, 0) is 6.54 Å². The normalized spacial score (nSPS) is 10.7. The molecule has 0 aliphatic heterocycles. The van der Waals surface area contributed by atoms with E-state index in [0.717, 1.165) is 20.3 Å². The molecule has 0 aliphatic carbocycles. The summed E-state index contributed by atoms with van der Waals surface area (Å²) in [6.45, 7) is 0.386. The minimum absolute atomic E-state index is 0.171. The topological polar surface area (TPSA) is 68.0 Å². The van der Waals surface area contributed by atoms with Gasteiger partial charge >= 0.3 is 0 Å². The van der Waals surface area contributed by atoms with E-state index in [2.05, 4.69) is 26.2 Å². The second-order valence-corrected chi connectivity index (χ2v) is 6.46. The largest absolute Gasteiger partial charge is 0.397 e. The summed E-state index contributed by atoms with van der Waals surface area (Å²) < 4.78 is 1.96. The van der Waals surface area contributed by atoms with E-state index in [1.54, 1.807) is 6.20 Å². The average molecular weight is 362 g/mol. The van der Waals surface area contributed by atoms with Crippen molar-refractivity contribution in [2.75, 3.05) is 5.73 Å². The maximum atomic E-state index is 12.3. The van der Waals surface area contributed by atoms with Crippen molar-refractivity contribution in [1.82, 2.24) is 10.3 Å². The van der Waals surface area contributed by atoms with Gasteiger partial charge in [-0.2, -0.15) is 0 Å². The van der Waals surface area contributed by atoms with Crippen molar-refractivity contribution in [3.05, 3.63) is 57.6 Å². The van der Waals surface area contributed by atoms with Crippen molar-refractivity contribution < 1.29 is 4.79 Å². The molecule has 0 unspecified atom stereocenters. The number of benzene rings is 1. The molecule has 0 saturated carbocycles. The maximum absolute atomic E-state index is 12.3. The van der Waals surface area contributed by atoms with Crippen LogP contribution < -0.4 is 11.1 Å². The van der Waals surface area contributed by atoms with Gasteiger partial charge in [-0.25, -0.2) is 0 Å². The molecule has 0 fully saturated rings. The summed E-state index contributed by atoms with van der Waals surface area (Å²) in [5.41, 5.74) is 7.42. The van der Waals surface area contributed by atoms with Gasteiger partial charge in [0.2, 0.25) is 0 Å². The van der Waals surface area contributed by atoms with Crippen LogP contribution in [0.1, 0.15) is 15.4 Å². The first-order valence-corrected chi connectivity index (χ1v) is 7.92. The van der Waals surface area contributed by atoms with Crippen LogP contribution in [0.5, 0.6) is 0 Å². The van der Waals surface area contributed by atoms with E-state index in [0.29, 0.717) is 17.1 Å². The summed E-state index contributed by atoms with van der Waals surface area (Å²) >= 11 is 4.82. The Balaban J connectivity index is 1.83. The van der Waals surface area contributed by atoms with E-state index in [-0.39, 0.29) is 5.91 Å². The first-order valence-electron chi connectivity index (χ1n) is 6.31. The molecule has 1 aromatic carbocycles. The fourth-order valence-corrected chi connectivity index (χ4v) is 3.60. The van der Waals surface area contributed by atoms with Crippen molar-refractivity contribution in [2.45, 2.75) is 6.54 Å². The van der Waals surface area contributed by atoms with Crippen LogP contribution >= 0.6 is 27.3 Å². The number of rotatable bonds is 3. The van der Waals surface area contributed by atoms with Gasteiger partial charge in [0.25, 0.3) is 5.91 Å². The molecular formula is C15H12BrN3OS. The lowest BCUT2D eigenvalue weighted by molar-refractivity contribution is 0.0955. The average Bonchev–Trinajstić information content (AvgIpc) is 2.82. The van der Waals surface area contributed by atoms with Crippen molar-refractivity contribution >= 4 is 48.9 Å². The molecule has 2 aromatic heterocycles. The van der Waals surface area contributed by atoms with E-state index >= 15 is 0 Å². The Kier molecular flexibility index (Phi) is 3.90. The zero-order chi connectivity index (χ0) is 14.8. The Labute approximate surface area is 134 Å². The molecule has 0 aliphatic rings. The lowest BCUT2D eigenvalue weighted by atomic mass is 10.2. The van der Waals surface area contributed by atoms with Gasteiger partial charge in [0.15, 0.2) is 0 Å². The van der Waals surface area contributed by atoms with E-state index in [1.807, 2.05) is 36.4 Å². The highest BCUT2D eigenvalue weighted by Gasteiger charge is 2.16. The molecule has 0 radical (unpaired) electrons. The fraction of sp³-hybridized carbons (Fsp3) is 0.0667. The Morgan fingerprint density at radius 2 is 2.19 bits per heavy atom. The second-order valence-electron chi connectivity index (χ2n) is 4.49. The molecule has 2 heterocycles. The van der Waals surface area contributed by atoms with Crippen molar-refractivity contribution in [1.29, 1.82) is 0 Å². The van der Waals surface area contributed by atoms with Crippen LogP contribution in [0.3, 0.4) is 0 Å². The number of pyridine rings is 1. The highest BCUT2D eigenvalue weighted by atomic mass is 79.9. The van der Waals surface area contributed by atoms with Gasteiger partial charge in [0.1, 0.15) is 4.88 Å². The fourth-order valence-electron chi connectivity index (χ4n) is 2.01. The van der Waals surface area contributed by atoms with Gasteiger partial charge < -0.3 is 11.1 Å². The Bertz CT molecular complexity index is 801. The van der Waals surface area contributed by atoms with Crippen LogP contribution in [0.25, 0.3) is 10.1 Å². The lowest BCUT2D eigenvalue weighted by Gasteiger charge is -2.03. The zero-order valence-corrected chi connectivity index (χ0v) is 13.4. The quantitative estimate of drug-likeness (QED) is 0.749. The molecule has 0 spiro atoms. The third-order valence-electron chi connectivity index (χ3n) is 3.05. The van der Waals surface area contributed by atoms with Gasteiger partial charge in [0.05, 0.1) is 17.9 Å². The van der Waals surface area contributed by atoms with E-state index < -0.39 is 0 Å². The number of aromatic nitrogens is 1. The van der Waals surface area contributed by atoms with Crippen LogP contribution in [-0.4, -0.2) is 10.9 Å². The van der Waals surface area contributed by atoms with Crippen molar-refractivity contribution in [2.24, 2.45) is 0 Å². The van der Waals surface area contributed by atoms with Gasteiger partial charge in [-0.3, -0.25) is 9.78 Å². The lowest BCUT2D eigenvalue weighted by Crippen LogP contribution is -2.23. The van der Waals surface area contributed by atoms with Gasteiger partial charge in [-0.1, -0.05) is 28.1 Å². The number of thiophene rings is 1. The number of carbonyl (C=O) groups is 1.